The molecule has 0 aliphatic heterocycles. The number of nitrogens with one attached hydrogen (secondary N) is 2. The van der Waals surface area contributed by atoms with Gasteiger partial charge in [-0.3, -0.25) is 4.79 Å². The van der Waals surface area contributed by atoms with Crippen LogP contribution < -0.4 is 10.6 Å². The Morgan fingerprint density at radius 3 is 2.72 bits per heavy atom. The highest BCUT2D eigenvalue weighted by Gasteiger charge is 2.15. The lowest BCUT2D eigenvalue weighted by Gasteiger charge is -2.14. The fourth-order valence-electron chi connectivity index (χ4n) is 2.60. The predicted molar refractivity (Wildman–Crippen MR) is 101 cm³/mol. The fourth-order valence-corrected chi connectivity index (χ4v) is 3.14. The van der Waals surface area contributed by atoms with Crippen LogP contribution in [0, 0.1) is 11.3 Å². The summed E-state index contributed by atoms with van der Waals surface area (Å²) in [5, 5.41) is 17.1. The minimum absolute atomic E-state index is 0.159. The number of thioether (sulfide) groups is 1. The van der Waals surface area contributed by atoms with E-state index in [0.29, 0.717) is 21.8 Å². The molecular formula is C19H16N4OS. The third-order valence-corrected chi connectivity index (χ3v) is 4.47. The van der Waals surface area contributed by atoms with Crippen LogP contribution in [0.3, 0.4) is 0 Å². The maximum Gasteiger partial charge on any atom is 0.251 e. The van der Waals surface area contributed by atoms with Gasteiger partial charge in [0.1, 0.15) is 16.7 Å². The Balaban J connectivity index is 2.15. The van der Waals surface area contributed by atoms with Gasteiger partial charge >= 0.3 is 0 Å². The van der Waals surface area contributed by atoms with E-state index in [4.69, 9.17) is 0 Å². The number of amides is 1. The van der Waals surface area contributed by atoms with Crippen LogP contribution in [0.2, 0.25) is 0 Å². The Morgan fingerprint density at radius 1 is 1.20 bits per heavy atom. The summed E-state index contributed by atoms with van der Waals surface area (Å²) in [6, 6.07) is 17.1. The molecule has 124 valence electrons. The van der Waals surface area contributed by atoms with Gasteiger partial charge in [0.05, 0.1) is 11.2 Å². The SMILES string of the molecule is CNC(=O)c1cccc(Nc2c(C#N)c(SC)nc3ccccc23)c1. The highest BCUT2D eigenvalue weighted by atomic mass is 32.2. The van der Waals surface area contributed by atoms with E-state index in [1.54, 1.807) is 25.2 Å². The largest absolute Gasteiger partial charge is 0.355 e. The standard InChI is InChI=1S/C19H16N4OS/c1-21-18(24)12-6-5-7-13(10-12)22-17-14-8-3-4-9-16(14)23-19(25-2)15(17)11-20/h3-10H,1-2H3,(H,21,24)(H,22,23). The van der Waals surface area contributed by atoms with Gasteiger partial charge < -0.3 is 10.6 Å². The number of para-hydroxylation sites is 1. The Morgan fingerprint density at radius 2 is 2.00 bits per heavy atom. The molecule has 25 heavy (non-hydrogen) atoms. The molecule has 3 aromatic rings. The van der Waals surface area contributed by atoms with E-state index in [9.17, 15) is 10.1 Å². The lowest BCUT2D eigenvalue weighted by molar-refractivity contribution is 0.0963. The van der Waals surface area contributed by atoms with Crippen molar-refractivity contribution in [3.8, 4) is 6.07 Å². The van der Waals surface area contributed by atoms with E-state index in [1.807, 2.05) is 36.6 Å². The maximum absolute atomic E-state index is 11.8. The molecule has 0 radical (unpaired) electrons. The summed E-state index contributed by atoms with van der Waals surface area (Å²) in [7, 11) is 1.59. The summed E-state index contributed by atoms with van der Waals surface area (Å²) in [6.07, 6.45) is 1.90. The quantitative estimate of drug-likeness (QED) is 0.699. The van der Waals surface area contributed by atoms with Crippen LogP contribution in [-0.2, 0) is 0 Å². The zero-order chi connectivity index (χ0) is 17.8. The van der Waals surface area contributed by atoms with Gasteiger partial charge in [0.15, 0.2) is 0 Å². The molecule has 1 amide bonds. The van der Waals surface area contributed by atoms with Crippen LogP contribution in [0.25, 0.3) is 10.9 Å². The smallest absolute Gasteiger partial charge is 0.251 e. The second kappa shape index (κ2) is 7.24. The van der Waals surface area contributed by atoms with E-state index in [2.05, 4.69) is 21.7 Å². The van der Waals surface area contributed by atoms with Crippen molar-refractivity contribution in [1.82, 2.24) is 10.3 Å². The topological polar surface area (TPSA) is 77.8 Å². The minimum atomic E-state index is -0.159. The molecule has 1 aromatic heterocycles. The third kappa shape index (κ3) is 3.28. The highest BCUT2D eigenvalue weighted by Crippen LogP contribution is 2.34. The number of hydrogen-bond donors (Lipinski definition) is 2. The predicted octanol–water partition coefficient (Wildman–Crippen LogP) is 3.93. The van der Waals surface area contributed by atoms with Gasteiger partial charge in [0.2, 0.25) is 0 Å². The molecular weight excluding hydrogens is 332 g/mol. The number of anilines is 2. The first-order chi connectivity index (χ1) is 12.2. The number of pyridine rings is 1. The van der Waals surface area contributed by atoms with Crippen molar-refractivity contribution in [2.24, 2.45) is 0 Å². The van der Waals surface area contributed by atoms with Crippen molar-refractivity contribution < 1.29 is 4.79 Å². The fraction of sp³-hybridized carbons (Fsp3) is 0.105. The number of rotatable bonds is 4. The molecule has 0 saturated heterocycles. The van der Waals surface area contributed by atoms with Crippen LogP contribution in [0.15, 0.2) is 53.6 Å². The first-order valence-corrected chi connectivity index (χ1v) is 8.86. The molecule has 0 saturated carbocycles. The van der Waals surface area contributed by atoms with Crippen molar-refractivity contribution in [1.29, 1.82) is 5.26 Å². The van der Waals surface area contributed by atoms with E-state index in [1.165, 1.54) is 11.8 Å². The van der Waals surface area contributed by atoms with Crippen molar-refractivity contribution >= 4 is 39.9 Å². The molecule has 2 aromatic carbocycles. The molecule has 0 atom stereocenters. The molecule has 0 unspecified atom stereocenters. The van der Waals surface area contributed by atoms with Gasteiger partial charge in [-0.15, -0.1) is 11.8 Å². The monoisotopic (exact) mass is 348 g/mol. The average molecular weight is 348 g/mol. The van der Waals surface area contributed by atoms with Crippen LogP contribution in [0.5, 0.6) is 0 Å². The van der Waals surface area contributed by atoms with Gasteiger partial charge in [-0.2, -0.15) is 5.26 Å². The second-order valence-corrected chi connectivity index (χ2v) is 6.08. The molecule has 6 heteroatoms. The maximum atomic E-state index is 11.8. The number of carbonyl (C=O) groups excluding carboxylic acids is 1. The normalized spacial score (nSPS) is 10.3. The average Bonchev–Trinajstić information content (AvgIpc) is 2.67. The zero-order valence-corrected chi connectivity index (χ0v) is 14.6. The summed E-state index contributed by atoms with van der Waals surface area (Å²) < 4.78 is 0. The molecule has 0 fully saturated rings. The third-order valence-electron chi connectivity index (χ3n) is 3.79. The Hall–Kier alpha value is -3.04. The van der Waals surface area contributed by atoms with Crippen LogP contribution in [-0.4, -0.2) is 24.2 Å². The van der Waals surface area contributed by atoms with Gasteiger partial charge in [-0.05, 0) is 30.5 Å². The number of nitriles is 1. The van der Waals surface area contributed by atoms with Crippen LogP contribution in [0.1, 0.15) is 15.9 Å². The van der Waals surface area contributed by atoms with Crippen LogP contribution >= 0.6 is 11.8 Å². The van der Waals surface area contributed by atoms with Crippen molar-refractivity contribution in [3.63, 3.8) is 0 Å². The summed E-state index contributed by atoms with van der Waals surface area (Å²) in [5.41, 5.74) is 3.30. The first-order valence-electron chi connectivity index (χ1n) is 7.64. The molecule has 0 aliphatic rings. The summed E-state index contributed by atoms with van der Waals surface area (Å²) in [4.78, 5) is 16.4. The van der Waals surface area contributed by atoms with E-state index in [-0.39, 0.29) is 5.91 Å². The number of nitrogens with zero attached hydrogens (tertiary/aromatic N) is 2. The molecule has 1 heterocycles. The van der Waals surface area contributed by atoms with Gasteiger partial charge in [0, 0.05) is 23.7 Å². The Kier molecular flexibility index (Phi) is 4.87. The number of hydrogen-bond acceptors (Lipinski definition) is 5. The van der Waals surface area contributed by atoms with Crippen molar-refractivity contribution in [3.05, 3.63) is 59.7 Å². The van der Waals surface area contributed by atoms with E-state index in [0.717, 1.165) is 16.6 Å². The molecule has 0 spiro atoms. The van der Waals surface area contributed by atoms with Gasteiger partial charge in [-0.25, -0.2) is 4.98 Å². The summed E-state index contributed by atoms with van der Waals surface area (Å²) in [5.74, 6) is -0.159. The lowest BCUT2D eigenvalue weighted by Crippen LogP contribution is -2.17. The molecule has 0 bridgehead atoms. The van der Waals surface area contributed by atoms with E-state index < -0.39 is 0 Å². The van der Waals surface area contributed by atoms with E-state index >= 15 is 0 Å². The minimum Gasteiger partial charge on any atom is -0.355 e. The van der Waals surface area contributed by atoms with Crippen LogP contribution in [0.4, 0.5) is 11.4 Å². The molecule has 2 N–H and O–H groups in total. The molecule has 0 aliphatic carbocycles. The number of fused-ring (bicyclic) bond motifs is 1. The number of benzene rings is 2. The zero-order valence-electron chi connectivity index (χ0n) is 13.8. The van der Waals surface area contributed by atoms with Crippen molar-refractivity contribution in [2.75, 3.05) is 18.6 Å². The van der Waals surface area contributed by atoms with Gasteiger partial charge in [-0.1, -0.05) is 24.3 Å². The lowest BCUT2D eigenvalue weighted by atomic mass is 10.1. The van der Waals surface area contributed by atoms with Crippen molar-refractivity contribution in [2.45, 2.75) is 5.03 Å². The molecule has 5 nitrogen and oxygen atoms in total. The highest BCUT2D eigenvalue weighted by molar-refractivity contribution is 7.98. The summed E-state index contributed by atoms with van der Waals surface area (Å²) >= 11 is 1.43. The van der Waals surface area contributed by atoms with Gasteiger partial charge in [0.25, 0.3) is 5.91 Å². The number of aromatic nitrogens is 1. The Labute approximate surface area is 150 Å². The second-order valence-electron chi connectivity index (χ2n) is 5.28. The number of carbonyl (C=O) groups is 1. The molecule has 3 rings (SSSR count). The summed E-state index contributed by atoms with van der Waals surface area (Å²) in [6.45, 7) is 0. The first kappa shape index (κ1) is 16.8. The Bertz CT molecular complexity index is 994.